The third-order valence-corrected chi connectivity index (χ3v) is 5.58. The molecule has 1 aliphatic rings. The highest BCUT2D eigenvalue weighted by Crippen LogP contribution is 2.32. The molecule has 0 atom stereocenters. The zero-order valence-corrected chi connectivity index (χ0v) is 14.8. The molecule has 0 saturated carbocycles. The molecule has 4 rings (SSSR count). The fourth-order valence-corrected chi connectivity index (χ4v) is 4.18. The van der Waals surface area contributed by atoms with E-state index in [-0.39, 0.29) is 0 Å². The van der Waals surface area contributed by atoms with E-state index in [2.05, 4.69) is 47.1 Å². The Bertz CT molecular complexity index is 853. The van der Waals surface area contributed by atoms with Gasteiger partial charge in [0, 0.05) is 31.9 Å². The van der Waals surface area contributed by atoms with Gasteiger partial charge in [0.1, 0.15) is 5.75 Å². The van der Waals surface area contributed by atoms with Crippen LogP contribution in [0.5, 0.6) is 5.75 Å². The Morgan fingerprint density at radius 1 is 1.00 bits per heavy atom. The quantitative estimate of drug-likeness (QED) is 0.723. The van der Waals surface area contributed by atoms with Gasteiger partial charge in [-0.2, -0.15) is 0 Å². The molecule has 0 amide bonds. The zero-order valence-electron chi connectivity index (χ0n) is 14.0. The molecule has 4 nitrogen and oxygen atoms in total. The van der Waals surface area contributed by atoms with E-state index < -0.39 is 0 Å². The van der Waals surface area contributed by atoms with Gasteiger partial charge in [-0.25, -0.2) is 4.98 Å². The Labute approximate surface area is 146 Å². The third-order valence-electron chi connectivity index (χ3n) is 4.50. The normalized spacial score (nSPS) is 15.1. The van der Waals surface area contributed by atoms with Gasteiger partial charge in [0.2, 0.25) is 0 Å². The lowest BCUT2D eigenvalue weighted by atomic mass is 10.2. The van der Waals surface area contributed by atoms with Crippen molar-refractivity contribution in [3.05, 3.63) is 48.0 Å². The van der Waals surface area contributed by atoms with Gasteiger partial charge in [0.15, 0.2) is 5.13 Å². The van der Waals surface area contributed by atoms with Crippen LogP contribution >= 0.6 is 11.3 Å². The molecule has 0 N–H and O–H groups in total. The van der Waals surface area contributed by atoms with E-state index in [0.717, 1.165) is 42.6 Å². The molecule has 1 saturated heterocycles. The summed E-state index contributed by atoms with van der Waals surface area (Å²) in [6.07, 6.45) is 0. The van der Waals surface area contributed by atoms with E-state index >= 15 is 0 Å². The lowest BCUT2D eigenvalue weighted by Gasteiger charge is -2.36. The van der Waals surface area contributed by atoms with Gasteiger partial charge >= 0.3 is 0 Å². The van der Waals surface area contributed by atoms with Crippen molar-refractivity contribution >= 4 is 32.4 Å². The lowest BCUT2D eigenvalue weighted by Crippen LogP contribution is -2.46. The van der Waals surface area contributed by atoms with Gasteiger partial charge in [0.05, 0.1) is 17.3 Å². The number of benzene rings is 2. The first-order valence-electron chi connectivity index (χ1n) is 8.24. The van der Waals surface area contributed by atoms with Crippen LogP contribution in [0.1, 0.15) is 5.56 Å². The molecule has 3 aromatic rings. The molecular weight excluding hydrogens is 318 g/mol. The summed E-state index contributed by atoms with van der Waals surface area (Å²) in [6.45, 7) is 6.22. The standard InChI is InChI=1S/C19H21N3OS/c1-14-4-3-5-15(12-14)21-8-10-22(11-9-21)19-20-17-7-6-16(23-2)13-18(17)24-19/h3-7,12-13H,8-11H2,1-2H3. The van der Waals surface area contributed by atoms with Crippen LogP contribution in [0.2, 0.25) is 0 Å². The van der Waals surface area contributed by atoms with Crippen LogP contribution in [-0.4, -0.2) is 38.3 Å². The number of aromatic nitrogens is 1. The number of rotatable bonds is 3. The average molecular weight is 339 g/mol. The SMILES string of the molecule is COc1ccc2nc(N3CCN(c4cccc(C)c4)CC3)sc2c1. The number of nitrogens with zero attached hydrogens (tertiary/aromatic N) is 3. The van der Waals surface area contributed by atoms with Crippen molar-refractivity contribution in [2.75, 3.05) is 43.1 Å². The van der Waals surface area contributed by atoms with Crippen LogP contribution in [0.3, 0.4) is 0 Å². The molecule has 1 aromatic heterocycles. The summed E-state index contributed by atoms with van der Waals surface area (Å²) in [5.74, 6) is 0.891. The summed E-state index contributed by atoms with van der Waals surface area (Å²) >= 11 is 1.75. The first-order valence-corrected chi connectivity index (χ1v) is 9.06. The van der Waals surface area contributed by atoms with Crippen molar-refractivity contribution in [2.24, 2.45) is 0 Å². The van der Waals surface area contributed by atoms with Gasteiger partial charge in [0.25, 0.3) is 0 Å². The minimum atomic E-state index is 0.891. The zero-order chi connectivity index (χ0) is 16.5. The second-order valence-corrected chi connectivity index (χ2v) is 7.15. The monoisotopic (exact) mass is 339 g/mol. The molecule has 2 heterocycles. The second-order valence-electron chi connectivity index (χ2n) is 6.14. The molecule has 0 spiro atoms. The van der Waals surface area contributed by atoms with Gasteiger partial charge in [-0.15, -0.1) is 0 Å². The topological polar surface area (TPSA) is 28.6 Å². The molecule has 124 valence electrons. The molecule has 1 aliphatic heterocycles. The minimum absolute atomic E-state index is 0.891. The summed E-state index contributed by atoms with van der Waals surface area (Å²) in [4.78, 5) is 9.64. The third kappa shape index (κ3) is 2.91. The predicted octanol–water partition coefficient (Wildman–Crippen LogP) is 3.94. The van der Waals surface area contributed by atoms with Crippen molar-refractivity contribution in [3.8, 4) is 5.75 Å². The molecule has 0 aliphatic carbocycles. The van der Waals surface area contributed by atoms with E-state index in [1.807, 2.05) is 12.1 Å². The Morgan fingerprint density at radius 3 is 2.54 bits per heavy atom. The number of ether oxygens (including phenoxy) is 1. The highest BCUT2D eigenvalue weighted by Gasteiger charge is 2.20. The van der Waals surface area contributed by atoms with E-state index in [1.54, 1.807) is 18.4 Å². The van der Waals surface area contributed by atoms with E-state index in [9.17, 15) is 0 Å². The molecule has 5 heteroatoms. The summed E-state index contributed by atoms with van der Waals surface area (Å²) < 4.78 is 6.49. The van der Waals surface area contributed by atoms with E-state index in [0.29, 0.717) is 0 Å². The van der Waals surface area contributed by atoms with Gasteiger partial charge in [-0.1, -0.05) is 23.5 Å². The maximum atomic E-state index is 5.31. The number of aryl methyl sites for hydroxylation is 1. The predicted molar refractivity (Wildman–Crippen MR) is 102 cm³/mol. The number of fused-ring (bicyclic) bond motifs is 1. The summed E-state index contributed by atoms with van der Waals surface area (Å²) in [7, 11) is 1.70. The van der Waals surface area contributed by atoms with Crippen LogP contribution in [0, 0.1) is 6.92 Å². The largest absolute Gasteiger partial charge is 0.497 e. The molecule has 1 fully saturated rings. The Kier molecular flexibility index (Phi) is 4.02. The Morgan fingerprint density at radius 2 is 1.79 bits per heavy atom. The Balaban J connectivity index is 1.49. The Hall–Kier alpha value is -2.27. The van der Waals surface area contributed by atoms with Crippen molar-refractivity contribution < 1.29 is 4.74 Å². The maximum absolute atomic E-state index is 5.31. The van der Waals surface area contributed by atoms with Crippen molar-refractivity contribution in [1.29, 1.82) is 0 Å². The molecule has 0 unspecified atom stereocenters. The number of hydrogen-bond donors (Lipinski definition) is 0. The fraction of sp³-hybridized carbons (Fsp3) is 0.316. The maximum Gasteiger partial charge on any atom is 0.186 e. The number of piperazine rings is 1. The number of anilines is 2. The van der Waals surface area contributed by atoms with Crippen LogP contribution in [-0.2, 0) is 0 Å². The molecule has 24 heavy (non-hydrogen) atoms. The molecular formula is C19H21N3OS. The van der Waals surface area contributed by atoms with Gasteiger partial charge < -0.3 is 14.5 Å². The van der Waals surface area contributed by atoms with Gasteiger partial charge in [-0.3, -0.25) is 0 Å². The van der Waals surface area contributed by atoms with E-state index in [1.165, 1.54) is 16.0 Å². The van der Waals surface area contributed by atoms with E-state index in [4.69, 9.17) is 9.72 Å². The summed E-state index contributed by atoms with van der Waals surface area (Å²) in [6, 6.07) is 14.8. The lowest BCUT2D eigenvalue weighted by molar-refractivity contribution is 0.415. The summed E-state index contributed by atoms with van der Waals surface area (Å²) in [5, 5.41) is 1.11. The number of methoxy groups -OCH3 is 1. The minimum Gasteiger partial charge on any atom is -0.497 e. The van der Waals surface area contributed by atoms with Crippen molar-refractivity contribution in [3.63, 3.8) is 0 Å². The summed E-state index contributed by atoms with van der Waals surface area (Å²) in [5.41, 5.74) is 3.69. The van der Waals surface area contributed by atoms with Crippen molar-refractivity contribution in [2.45, 2.75) is 6.92 Å². The van der Waals surface area contributed by atoms with Crippen LogP contribution in [0.4, 0.5) is 10.8 Å². The molecule has 0 bridgehead atoms. The van der Waals surface area contributed by atoms with Crippen LogP contribution in [0.15, 0.2) is 42.5 Å². The number of hydrogen-bond acceptors (Lipinski definition) is 5. The van der Waals surface area contributed by atoms with Crippen molar-refractivity contribution in [1.82, 2.24) is 4.98 Å². The van der Waals surface area contributed by atoms with Crippen LogP contribution < -0.4 is 14.5 Å². The van der Waals surface area contributed by atoms with Gasteiger partial charge in [-0.05, 0) is 42.8 Å². The first kappa shape index (κ1) is 15.3. The highest BCUT2D eigenvalue weighted by molar-refractivity contribution is 7.22. The second kappa shape index (κ2) is 6.32. The smallest absolute Gasteiger partial charge is 0.186 e. The van der Waals surface area contributed by atoms with Crippen LogP contribution in [0.25, 0.3) is 10.2 Å². The fourth-order valence-electron chi connectivity index (χ4n) is 3.14. The first-order chi connectivity index (χ1) is 11.7. The molecule has 2 aromatic carbocycles. The average Bonchev–Trinajstić information content (AvgIpc) is 3.05. The number of thiazole rings is 1. The highest BCUT2D eigenvalue weighted by atomic mass is 32.1. The molecule has 0 radical (unpaired) electrons.